The van der Waals surface area contributed by atoms with Crippen molar-refractivity contribution in [2.45, 2.75) is 44.2 Å². The molecule has 0 radical (unpaired) electrons. The average Bonchev–Trinajstić information content (AvgIpc) is 3.07. The van der Waals surface area contributed by atoms with Gasteiger partial charge in [-0.15, -0.1) is 0 Å². The predicted molar refractivity (Wildman–Crippen MR) is 106 cm³/mol. The lowest BCUT2D eigenvalue weighted by Gasteiger charge is -2.32. The van der Waals surface area contributed by atoms with E-state index in [2.05, 4.69) is 41.0 Å². The average molecular weight is 447 g/mol. The summed E-state index contributed by atoms with van der Waals surface area (Å²) in [4.78, 5) is 15.8. The van der Waals surface area contributed by atoms with E-state index in [4.69, 9.17) is 6.57 Å². The second kappa shape index (κ2) is 7.80. The third-order valence-electron chi connectivity index (χ3n) is 4.99. The highest BCUT2D eigenvalue weighted by Gasteiger charge is 2.29. The Morgan fingerprint density at radius 1 is 1.25 bits per heavy atom. The van der Waals surface area contributed by atoms with Gasteiger partial charge in [-0.1, -0.05) is 15.9 Å². The van der Waals surface area contributed by atoms with E-state index < -0.39 is 6.43 Å². The lowest BCUT2D eigenvalue weighted by molar-refractivity contribution is 0.130. The van der Waals surface area contributed by atoms with Crippen molar-refractivity contribution in [1.82, 2.24) is 19.5 Å². The molecule has 1 N–H and O–H groups in total. The number of halogens is 3. The molecule has 2 heterocycles. The van der Waals surface area contributed by atoms with Gasteiger partial charge in [-0.3, -0.25) is 0 Å². The van der Waals surface area contributed by atoms with Gasteiger partial charge in [0.25, 0.3) is 6.43 Å². The maximum atomic E-state index is 13.7. The van der Waals surface area contributed by atoms with Crippen LogP contribution in [0.25, 0.3) is 15.9 Å². The molecule has 2 atom stereocenters. The molecule has 1 aliphatic rings. The first kappa shape index (κ1) is 18.7. The van der Waals surface area contributed by atoms with E-state index in [0.717, 1.165) is 29.3 Å². The fourth-order valence-electron chi connectivity index (χ4n) is 3.79. The third kappa shape index (κ3) is 3.69. The molecule has 1 saturated carbocycles. The van der Waals surface area contributed by atoms with Gasteiger partial charge in [0.2, 0.25) is 11.6 Å². The SMILES string of the molecule is [C-]#[N+]c1cnc(N[C@@H]2CCC[C@H](n3c(C(F)F)nc4cc(Br)ccc43)C2)nc1. The van der Waals surface area contributed by atoms with E-state index in [1.807, 2.05) is 12.1 Å². The van der Waals surface area contributed by atoms with Crippen molar-refractivity contribution in [2.75, 3.05) is 5.32 Å². The number of nitrogens with one attached hydrogen (secondary N) is 1. The summed E-state index contributed by atoms with van der Waals surface area (Å²) in [5, 5.41) is 3.28. The minimum absolute atomic E-state index is 0.0657. The van der Waals surface area contributed by atoms with Crippen LogP contribution in [0.1, 0.15) is 44.0 Å². The molecular weight excluding hydrogens is 430 g/mol. The quantitative estimate of drug-likeness (QED) is 0.524. The molecule has 3 aromatic rings. The van der Waals surface area contributed by atoms with Crippen LogP contribution in [-0.4, -0.2) is 25.6 Å². The topological polar surface area (TPSA) is 60.0 Å². The number of rotatable bonds is 4. The third-order valence-corrected chi connectivity index (χ3v) is 5.48. The summed E-state index contributed by atoms with van der Waals surface area (Å²) in [6, 6.07) is 5.44. The molecule has 0 saturated heterocycles. The van der Waals surface area contributed by atoms with Crippen LogP contribution in [0.5, 0.6) is 0 Å². The number of imidazole rings is 1. The molecule has 0 spiro atoms. The molecule has 0 unspecified atom stereocenters. The standard InChI is InChI=1S/C19H17BrF2N6/c1-23-13-9-24-19(25-10-13)26-12-3-2-4-14(8-12)28-16-6-5-11(20)7-15(16)27-18(28)17(21)22/h5-7,9-10,12,14,17H,2-4,8H2,(H,24,25,26)/t12-,14+/m1/s1. The number of benzene rings is 1. The monoisotopic (exact) mass is 446 g/mol. The van der Waals surface area contributed by atoms with E-state index in [0.29, 0.717) is 23.6 Å². The minimum Gasteiger partial charge on any atom is -0.352 e. The molecule has 4 rings (SSSR count). The highest BCUT2D eigenvalue weighted by molar-refractivity contribution is 9.10. The number of anilines is 1. The largest absolute Gasteiger partial charge is 0.352 e. The van der Waals surface area contributed by atoms with Crippen LogP contribution in [0.4, 0.5) is 20.4 Å². The molecule has 144 valence electrons. The van der Waals surface area contributed by atoms with Gasteiger partial charge < -0.3 is 9.88 Å². The molecule has 1 fully saturated rings. The zero-order chi connectivity index (χ0) is 19.7. The second-order valence-corrected chi connectivity index (χ2v) is 7.73. The minimum atomic E-state index is -2.64. The first-order valence-electron chi connectivity index (χ1n) is 8.96. The van der Waals surface area contributed by atoms with Crippen molar-refractivity contribution in [1.29, 1.82) is 0 Å². The number of fused-ring (bicyclic) bond motifs is 1. The van der Waals surface area contributed by atoms with E-state index in [1.165, 1.54) is 12.4 Å². The molecule has 2 aromatic heterocycles. The highest BCUT2D eigenvalue weighted by atomic mass is 79.9. The molecule has 9 heteroatoms. The summed E-state index contributed by atoms with van der Waals surface area (Å²) in [5.41, 5.74) is 1.67. The summed E-state index contributed by atoms with van der Waals surface area (Å²) >= 11 is 3.38. The lowest BCUT2D eigenvalue weighted by Crippen LogP contribution is -2.30. The van der Waals surface area contributed by atoms with Gasteiger partial charge in [0.15, 0.2) is 5.82 Å². The molecule has 0 bridgehead atoms. The van der Waals surface area contributed by atoms with Crippen molar-refractivity contribution in [2.24, 2.45) is 0 Å². The molecule has 1 aromatic carbocycles. The van der Waals surface area contributed by atoms with Crippen LogP contribution in [0, 0.1) is 6.57 Å². The van der Waals surface area contributed by atoms with Crippen molar-refractivity contribution < 1.29 is 8.78 Å². The Labute approximate surface area is 169 Å². The molecule has 0 aliphatic heterocycles. The zero-order valence-corrected chi connectivity index (χ0v) is 16.4. The van der Waals surface area contributed by atoms with E-state index in [1.54, 1.807) is 10.6 Å². The Balaban J connectivity index is 1.60. The van der Waals surface area contributed by atoms with Crippen LogP contribution in [0.2, 0.25) is 0 Å². The lowest BCUT2D eigenvalue weighted by atomic mass is 9.90. The number of hydrogen-bond acceptors (Lipinski definition) is 4. The van der Waals surface area contributed by atoms with Crippen molar-refractivity contribution in [3.05, 3.63) is 52.3 Å². The van der Waals surface area contributed by atoms with Crippen LogP contribution in [0.15, 0.2) is 35.1 Å². The summed E-state index contributed by atoms with van der Waals surface area (Å²) < 4.78 is 29.9. The van der Waals surface area contributed by atoms with E-state index in [-0.39, 0.29) is 17.9 Å². The van der Waals surface area contributed by atoms with E-state index >= 15 is 0 Å². The van der Waals surface area contributed by atoms with Crippen LogP contribution in [0.3, 0.4) is 0 Å². The predicted octanol–water partition coefficient (Wildman–Crippen LogP) is 5.67. The van der Waals surface area contributed by atoms with Gasteiger partial charge in [-0.2, -0.15) is 0 Å². The number of alkyl halides is 2. The van der Waals surface area contributed by atoms with E-state index in [9.17, 15) is 8.78 Å². The maximum Gasteiger partial charge on any atom is 0.295 e. The van der Waals surface area contributed by atoms with Crippen molar-refractivity contribution in [3.63, 3.8) is 0 Å². The van der Waals surface area contributed by atoms with Crippen LogP contribution in [-0.2, 0) is 0 Å². The Kier molecular flexibility index (Phi) is 5.22. The maximum absolute atomic E-state index is 13.7. The number of nitrogens with zero attached hydrogens (tertiary/aromatic N) is 5. The fraction of sp³-hybridized carbons (Fsp3) is 0.368. The number of aromatic nitrogens is 4. The molecular formula is C19H17BrF2N6. The number of hydrogen-bond donors (Lipinski definition) is 1. The fourth-order valence-corrected chi connectivity index (χ4v) is 4.14. The summed E-state index contributed by atoms with van der Waals surface area (Å²) in [6.07, 6.45) is 3.61. The zero-order valence-electron chi connectivity index (χ0n) is 14.8. The molecule has 0 amide bonds. The van der Waals surface area contributed by atoms with Gasteiger partial charge in [-0.05, 0) is 43.9 Å². The van der Waals surface area contributed by atoms with Gasteiger partial charge in [-0.25, -0.2) is 28.6 Å². The first-order valence-corrected chi connectivity index (χ1v) is 9.76. The van der Waals surface area contributed by atoms with Crippen LogP contribution < -0.4 is 5.32 Å². The van der Waals surface area contributed by atoms with Gasteiger partial charge in [0.05, 0.1) is 17.6 Å². The van der Waals surface area contributed by atoms with Gasteiger partial charge in [0, 0.05) is 29.0 Å². The summed E-state index contributed by atoms with van der Waals surface area (Å²) in [7, 11) is 0. The normalized spacial score (nSPS) is 19.7. The van der Waals surface area contributed by atoms with Gasteiger partial charge in [0.1, 0.15) is 0 Å². The Morgan fingerprint density at radius 2 is 2.04 bits per heavy atom. The van der Waals surface area contributed by atoms with Crippen molar-refractivity contribution in [3.8, 4) is 0 Å². The second-order valence-electron chi connectivity index (χ2n) is 6.81. The summed E-state index contributed by atoms with van der Waals surface area (Å²) in [5.74, 6) is 0.267. The first-order chi connectivity index (χ1) is 13.5. The highest BCUT2D eigenvalue weighted by Crippen LogP contribution is 2.36. The Morgan fingerprint density at radius 3 is 2.75 bits per heavy atom. The smallest absolute Gasteiger partial charge is 0.295 e. The molecule has 1 aliphatic carbocycles. The summed E-state index contributed by atoms with van der Waals surface area (Å²) in [6.45, 7) is 6.96. The van der Waals surface area contributed by atoms with Gasteiger partial charge >= 0.3 is 0 Å². The van der Waals surface area contributed by atoms with Crippen LogP contribution >= 0.6 is 15.9 Å². The van der Waals surface area contributed by atoms with Crippen molar-refractivity contribution >= 4 is 38.6 Å². The molecule has 28 heavy (non-hydrogen) atoms. The Bertz CT molecular complexity index is 1030. The molecule has 6 nitrogen and oxygen atoms in total. The Hall–Kier alpha value is -2.60.